The Hall–Kier alpha value is -2.91. The molecule has 1 unspecified atom stereocenters. The second-order valence-electron chi connectivity index (χ2n) is 7.81. The number of nitrogens with zero attached hydrogens (tertiary/aromatic N) is 1. The Balaban J connectivity index is 1.68. The summed E-state index contributed by atoms with van der Waals surface area (Å²) in [5.41, 5.74) is 0.976. The molecule has 2 aromatic carbocycles. The number of anilines is 2. The number of para-hydroxylation sites is 1. The highest BCUT2D eigenvalue weighted by Gasteiger charge is 2.28. The molecule has 0 bridgehead atoms. The first kappa shape index (κ1) is 22.8. The van der Waals surface area contributed by atoms with Gasteiger partial charge in [-0.05, 0) is 49.1 Å². The summed E-state index contributed by atoms with van der Waals surface area (Å²) < 4.78 is 27.0. The van der Waals surface area contributed by atoms with Crippen molar-refractivity contribution in [2.45, 2.75) is 37.6 Å². The van der Waals surface area contributed by atoms with Gasteiger partial charge in [-0.25, -0.2) is 13.2 Å². The highest BCUT2D eigenvalue weighted by atomic mass is 32.2. The van der Waals surface area contributed by atoms with E-state index in [-0.39, 0.29) is 10.8 Å². The lowest BCUT2D eigenvalue weighted by Gasteiger charge is -2.22. The normalized spacial score (nSPS) is 15.5. The van der Waals surface area contributed by atoms with Crippen molar-refractivity contribution < 1.29 is 18.0 Å². The quantitative estimate of drug-likeness (QED) is 0.609. The van der Waals surface area contributed by atoms with Crippen LogP contribution in [-0.4, -0.2) is 43.8 Å². The summed E-state index contributed by atoms with van der Waals surface area (Å²) in [6, 6.07) is 13.8. The third-order valence-corrected chi connectivity index (χ3v) is 6.97. The van der Waals surface area contributed by atoms with Crippen molar-refractivity contribution in [3.63, 3.8) is 0 Å². The molecule has 0 radical (unpaired) electrons. The molecule has 1 fully saturated rings. The minimum Gasteiger partial charge on any atom is -0.326 e. The molecule has 1 aliphatic rings. The Kier molecular flexibility index (Phi) is 7.29. The van der Waals surface area contributed by atoms with Gasteiger partial charge in [0, 0.05) is 24.5 Å². The van der Waals surface area contributed by atoms with Crippen LogP contribution in [0.5, 0.6) is 0 Å². The molecular weight excluding hydrogens is 416 g/mol. The maximum atomic E-state index is 12.8. The van der Waals surface area contributed by atoms with Crippen LogP contribution in [0.1, 0.15) is 26.7 Å². The van der Waals surface area contributed by atoms with Crippen LogP contribution in [0.3, 0.4) is 0 Å². The summed E-state index contributed by atoms with van der Waals surface area (Å²) in [6.45, 7) is 4.66. The van der Waals surface area contributed by atoms with E-state index in [2.05, 4.69) is 16.0 Å². The Morgan fingerprint density at radius 3 is 2.19 bits per heavy atom. The van der Waals surface area contributed by atoms with Gasteiger partial charge in [0.2, 0.25) is 15.9 Å². The van der Waals surface area contributed by atoms with Crippen LogP contribution in [0.15, 0.2) is 59.5 Å². The maximum Gasteiger partial charge on any atom is 0.319 e. The lowest BCUT2D eigenvalue weighted by atomic mass is 10.0. The van der Waals surface area contributed by atoms with E-state index in [0.29, 0.717) is 24.5 Å². The molecule has 3 rings (SSSR count). The highest BCUT2D eigenvalue weighted by Crippen LogP contribution is 2.23. The van der Waals surface area contributed by atoms with Gasteiger partial charge in [-0.3, -0.25) is 4.79 Å². The third-order valence-electron chi connectivity index (χ3n) is 5.07. The minimum atomic E-state index is -3.58. The second kappa shape index (κ2) is 9.93. The fourth-order valence-corrected chi connectivity index (χ4v) is 4.96. The zero-order valence-electron chi connectivity index (χ0n) is 17.7. The van der Waals surface area contributed by atoms with E-state index in [4.69, 9.17) is 0 Å². The fraction of sp³-hybridized carbons (Fsp3) is 0.364. The molecule has 8 nitrogen and oxygen atoms in total. The van der Waals surface area contributed by atoms with E-state index in [1.54, 1.807) is 36.4 Å². The van der Waals surface area contributed by atoms with Crippen LogP contribution < -0.4 is 16.0 Å². The van der Waals surface area contributed by atoms with Crippen molar-refractivity contribution in [2.24, 2.45) is 5.92 Å². The first-order chi connectivity index (χ1) is 14.8. The first-order valence-electron chi connectivity index (χ1n) is 10.3. The third kappa shape index (κ3) is 5.83. The van der Waals surface area contributed by atoms with Crippen LogP contribution in [0.25, 0.3) is 0 Å². The number of carbonyl (C=O) groups excluding carboxylic acids is 2. The molecule has 9 heteroatoms. The number of urea groups is 1. The topological polar surface area (TPSA) is 108 Å². The largest absolute Gasteiger partial charge is 0.326 e. The van der Waals surface area contributed by atoms with Crippen molar-refractivity contribution in [3.8, 4) is 0 Å². The van der Waals surface area contributed by atoms with Crippen molar-refractivity contribution in [2.75, 3.05) is 23.7 Å². The van der Waals surface area contributed by atoms with Crippen LogP contribution in [0, 0.1) is 5.92 Å². The molecule has 3 amide bonds. The van der Waals surface area contributed by atoms with Gasteiger partial charge in [-0.1, -0.05) is 38.1 Å². The Morgan fingerprint density at radius 2 is 1.55 bits per heavy atom. The number of sulfonamides is 1. The summed E-state index contributed by atoms with van der Waals surface area (Å²) in [4.78, 5) is 25.3. The van der Waals surface area contributed by atoms with Gasteiger partial charge in [-0.15, -0.1) is 0 Å². The van der Waals surface area contributed by atoms with Crippen LogP contribution in [0.2, 0.25) is 0 Å². The maximum absolute atomic E-state index is 12.8. The smallest absolute Gasteiger partial charge is 0.319 e. The van der Waals surface area contributed by atoms with Crippen LogP contribution >= 0.6 is 0 Å². The molecule has 0 aromatic heterocycles. The molecule has 0 spiro atoms. The van der Waals surface area contributed by atoms with Gasteiger partial charge in [0.05, 0.1) is 4.90 Å². The Bertz CT molecular complexity index is 1020. The average molecular weight is 445 g/mol. The average Bonchev–Trinajstić information content (AvgIpc) is 3.28. The number of amides is 3. The predicted octanol–water partition coefficient (Wildman–Crippen LogP) is 3.26. The van der Waals surface area contributed by atoms with E-state index in [0.717, 1.165) is 12.8 Å². The molecule has 31 heavy (non-hydrogen) atoms. The van der Waals surface area contributed by atoms with Gasteiger partial charge >= 0.3 is 6.03 Å². The monoisotopic (exact) mass is 444 g/mol. The zero-order valence-corrected chi connectivity index (χ0v) is 18.5. The summed E-state index contributed by atoms with van der Waals surface area (Å²) in [5, 5.41) is 8.11. The van der Waals surface area contributed by atoms with Crippen molar-refractivity contribution >= 4 is 33.3 Å². The Labute approximate surface area is 183 Å². The van der Waals surface area contributed by atoms with E-state index >= 15 is 0 Å². The van der Waals surface area contributed by atoms with Gasteiger partial charge in [-0.2, -0.15) is 4.31 Å². The lowest BCUT2D eigenvalue weighted by molar-refractivity contribution is -0.118. The number of rotatable bonds is 7. The number of nitrogens with one attached hydrogen (secondary N) is 3. The summed E-state index contributed by atoms with van der Waals surface area (Å²) in [6.07, 6.45) is 1.70. The van der Waals surface area contributed by atoms with E-state index < -0.39 is 28.0 Å². The molecular formula is C22H28N4O4S. The molecule has 1 heterocycles. The molecule has 1 aliphatic heterocycles. The van der Waals surface area contributed by atoms with Gasteiger partial charge in [0.25, 0.3) is 0 Å². The summed E-state index contributed by atoms with van der Waals surface area (Å²) in [5.74, 6) is -0.605. The predicted molar refractivity (Wildman–Crippen MR) is 120 cm³/mol. The van der Waals surface area contributed by atoms with E-state index in [1.165, 1.54) is 16.4 Å². The fourth-order valence-electron chi connectivity index (χ4n) is 3.40. The lowest BCUT2D eigenvalue weighted by Crippen LogP contribution is -2.48. The molecule has 2 aromatic rings. The van der Waals surface area contributed by atoms with Crippen LogP contribution in [0.4, 0.5) is 16.2 Å². The molecule has 1 atom stereocenters. The Morgan fingerprint density at radius 1 is 0.903 bits per heavy atom. The number of carbonyl (C=O) groups is 2. The summed E-state index contributed by atoms with van der Waals surface area (Å²) >= 11 is 0. The summed E-state index contributed by atoms with van der Waals surface area (Å²) in [7, 11) is -3.58. The van der Waals surface area contributed by atoms with Gasteiger partial charge < -0.3 is 16.0 Å². The first-order valence-corrected chi connectivity index (χ1v) is 11.7. The van der Waals surface area contributed by atoms with Crippen molar-refractivity contribution in [1.82, 2.24) is 9.62 Å². The molecule has 3 N–H and O–H groups in total. The van der Waals surface area contributed by atoms with E-state index in [9.17, 15) is 18.0 Å². The molecule has 0 saturated carbocycles. The highest BCUT2D eigenvalue weighted by molar-refractivity contribution is 7.89. The van der Waals surface area contributed by atoms with Crippen molar-refractivity contribution in [1.29, 1.82) is 0 Å². The minimum absolute atomic E-state index is 0.142. The van der Waals surface area contributed by atoms with Gasteiger partial charge in [0.15, 0.2) is 0 Å². The van der Waals surface area contributed by atoms with Gasteiger partial charge in [0.1, 0.15) is 6.04 Å². The molecule has 0 aliphatic carbocycles. The van der Waals surface area contributed by atoms with E-state index in [1.807, 2.05) is 19.9 Å². The number of benzene rings is 2. The SMILES string of the molecule is CC(C)C(NC(=O)Nc1ccccc1)C(=O)Nc1cccc(S(=O)(=O)N2CCCC2)c1. The second-order valence-corrected chi connectivity index (χ2v) is 9.75. The standard InChI is InChI=1S/C22H28N4O4S/c1-16(2)20(25-22(28)24-17-9-4-3-5-10-17)21(27)23-18-11-8-12-19(15-18)31(29,30)26-13-6-7-14-26/h3-5,8-12,15-16,20H,6-7,13-14H2,1-2H3,(H,23,27)(H2,24,25,28). The van der Waals surface area contributed by atoms with Crippen molar-refractivity contribution in [3.05, 3.63) is 54.6 Å². The molecule has 166 valence electrons. The van der Waals surface area contributed by atoms with Crippen LogP contribution in [-0.2, 0) is 14.8 Å². The zero-order chi connectivity index (χ0) is 22.4. The number of hydrogen-bond donors (Lipinski definition) is 3. The number of hydrogen-bond acceptors (Lipinski definition) is 4. The molecule has 1 saturated heterocycles.